The molecule has 0 unspecified atom stereocenters. The number of hydrogen-bond acceptors (Lipinski definition) is 3. The minimum Gasteiger partial charge on any atom is -0.480 e. The van der Waals surface area contributed by atoms with Gasteiger partial charge in [-0.25, -0.2) is 9.97 Å². The zero-order valence-corrected chi connectivity index (χ0v) is 8.84. The van der Waals surface area contributed by atoms with Crippen LogP contribution in [-0.4, -0.2) is 17.1 Å². The van der Waals surface area contributed by atoms with Gasteiger partial charge in [0, 0.05) is 5.39 Å². The van der Waals surface area contributed by atoms with Crippen LogP contribution in [0.3, 0.4) is 0 Å². The van der Waals surface area contributed by atoms with Gasteiger partial charge in [0.15, 0.2) is 0 Å². The molecule has 3 aromatic rings. The average Bonchev–Trinajstić information content (AvgIpc) is 2.38. The van der Waals surface area contributed by atoms with Gasteiger partial charge < -0.3 is 4.74 Å². The fraction of sp³-hybridized carbons (Fsp3) is 0.0769. The van der Waals surface area contributed by atoms with Gasteiger partial charge in [0.1, 0.15) is 5.52 Å². The molecule has 0 spiro atoms. The first kappa shape index (κ1) is 9.09. The molecule has 0 amide bonds. The van der Waals surface area contributed by atoms with Crippen molar-refractivity contribution in [1.82, 2.24) is 9.97 Å². The molecule has 0 fully saturated rings. The summed E-state index contributed by atoms with van der Waals surface area (Å²) in [5, 5.41) is 2.27. The third-order valence-electron chi connectivity index (χ3n) is 2.62. The van der Waals surface area contributed by atoms with Crippen molar-refractivity contribution in [3.05, 3.63) is 42.6 Å². The van der Waals surface area contributed by atoms with E-state index < -0.39 is 0 Å². The van der Waals surface area contributed by atoms with Crippen LogP contribution in [0.1, 0.15) is 0 Å². The van der Waals surface area contributed by atoms with Crippen LogP contribution in [0.5, 0.6) is 5.88 Å². The molecule has 2 aromatic carbocycles. The topological polar surface area (TPSA) is 35.0 Å². The molecule has 0 bridgehead atoms. The Labute approximate surface area is 92.7 Å². The molecule has 1 aromatic heterocycles. The maximum absolute atomic E-state index is 5.10. The smallest absolute Gasteiger partial charge is 0.232 e. The van der Waals surface area contributed by atoms with Crippen molar-refractivity contribution < 1.29 is 4.74 Å². The fourth-order valence-corrected chi connectivity index (χ4v) is 1.83. The number of methoxy groups -OCH3 is 1. The van der Waals surface area contributed by atoms with Gasteiger partial charge in [-0.1, -0.05) is 30.3 Å². The summed E-state index contributed by atoms with van der Waals surface area (Å²) in [5.41, 5.74) is 1.77. The van der Waals surface area contributed by atoms with Crippen LogP contribution in [0, 0.1) is 0 Å². The summed E-state index contributed by atoms with van der Waals surface area (Å²) >= 11 is 0. The Morgan fingerprint density at radius 3 is 2.81 bits per heavy atom. The highest BCUT2D eigenvalue weighted by molar-refractivity contribution is 6.03. The van der Waals surface area contributed by atoms with Crippen molar-refractivity contribution in [2.24, 2.45) is 0 Å². The standard InChI is InChI=1S/C13H10N2O/c1-16-12-8-14-11-7-6-9-4-2-3-5-10(9)13(11)15-12/h2-8H,1H3. The summed E-state index contributed by atoms with van der Waals surface area (Å²) < 4.78 is 5.10. The number of rotatable bonds is 1. The number of hydrogen-bond donors (Lipinski definition) is 0. The van der Waals surface area contributed by atoms with Gasteiger partial charge in [-0.2, -0.15) is 0 Å². The summed E-state index contributed by atoms with van der Waals surface area (Å²) in [4.78, 5) is 8.75. The molecular weight excluding hydrogens is 200 g/mol. The van der Waals surface area contributed by atoms with E-state index in [0.29, 0.717) is 5.88 Å². The molecule has 0 saturated carbocycles. The summed E-state index contributed by atoms with van der Waals surface area (Å²) in [6, 6.07) is 12.2. The van der Waals surface area contributed by atoms with E-state index in [4.69, 9.17) is 4.74 Å². The van der Waals surface area contributed by atoms with Gasteiger partial charge in [-0.05, 0) is 11.5 Å². The molecule has 3 heteroatoms. The lowest BCUT2D eigenvalue weighted by Crippen LogP contribution is -1.91. The second kappa shape index (κ2) is 3.45. The Balaban J connectivity index is 2.47. The minimum atomic E-state index is 0.545. The molecule has 1 heterocycles. The number of aromatic nitrogens is 2. The highest BCUT2D eigenvalue weighted by Crippen LogP contribution is 2.23. The monoisotopic (exact) mass is 210 g/mol. The lowest BCUT2D eigenvalue weighted by molar-refractivity contribution is 0.398. The molecule has 0 N–H and O–H groups in total. The normalized spacial score (nSPS) is 10.8. The molecule has 3 nitrogen and oxygen atoms in total. The van der Waals surface area contributed by atoms with Crippen molar-refractivity contribution in [2.75, 3.05) is 7.11 Å². The number of nitrogens with zero attached hydrogens (tertiary/aromatic N) is 2. The molecule has 0 saturated heterocycles. The fourth-order valence-electron chi connectivity index (χ4n) is 1.83. The Bertz CT molecular complexity index is 664. The van der Waals surface area contributed by atoms with Crippen LogP contribution in [0.25, 0.3) is 21.8 Å². The Kier molecular flexibility index (Phi) is 1.96. The van der Waals surface area contributed by atoms with Gasteiger partial charge in [0.2, 0.25) is 5.88 Å². The predicted octanol–water partition coefficient (Wildman–Crippen LogP) is 2.79. The lowest BCUT2D eigenvalue weighted by atomic mass is 10.1. The molecular formula is C13H10N2O. The number of benzene rings is 2. The number of fused-ring (bicyclic) bond motifs is 3. The van der Waals surface area contributed by atoms with Gasteiger partial charge in [0.05, 0.1) is 18.8 Å². The largest absolute Gasteiger partial charge is 0.480 e. The SMILES string of the molecule is COc1cnc2ccc3ccccc3c2n1. The third kappa shape index (κ3) is 1.29. The second-order valence-corrected chi connectivity index (χ2v) is 3.57. The first-order valence-corrected chi connectivity index (χ1v) is 5.07. The maximum Gasteiger partial charge on any atom is 0.232 e. The first-order chi connectivity index (χ1) is 7.88. The Morgan fingerprint density at radius 2 is 1.94 bits per heavy atom. The quantitative estimate of drug-likeness (QED) is 0.579. The molecule has 0 radical (unpaired) electrons. The van der Waals surface area contributed by atoms with Crippen LogP contribution in [0.2, 0.25) is 0 Å². The lowest BCUT2D eigenvalue weighted by Gasteiger charge is -2.03. The van der Waals surface area contributed by atoms with Crippen LogP contribution in [-0.2, 0) is 0 Å². The van der Waals surface area contributed by atoms with Crippen molar-refractivity contribution in [1.29, 1.82) is 0 Å². The van der Waals surface area contributed by atoms with Crippen molar-refractivity contribution >= 4 is 21.8 Å². The maximum atomic E-state index is 5.10. The van der Waals surface area contributed by atoms with E-state index in [2.05, 4.69) is 22.1 Å². The van der Waals surface area contributed by atoms with Crippen molar-refractivity contribution in [2.45, 2.75) is 0 Å². The minimum absolute atomic E-state index is 0.545. The van der Waals surface area contributed by atoms with Gasteiger partial charge >= 0.3 is 0 Å². The van der Waals surface area contributed by atoms with Crippen LogP contribution < -0.4 is 4.74 Å². The van der Waals surface area contributed by atoms with E-state index in [1.54, 1.807) is 13.3 Å². The Hall–Kier alpha value is -2.16. The van der Waals surface area contributed by atoms with E-state index in [1.807, 2.05) is 24.3 Å². The van der Waals surface area contributed by atoms with Gasteiger partial charge in [-0.15, -0.1) is 0 Å². The molecule has 3 rings (SSSR count). The second-order valence-electron chi connectivity index (χ2n) is 3.57. The molecule has 16 heavy (non-hydrogen) atoms. The first-order valence-electron chi connectivity index (χ1n) is 5.07. The van der Waals surface area contributed by atoms with E-state index in [0.717, 1.165) is 21.8 Å². The van der Waals surface area contributed by atoms with Crippen LogP contribution in [0.4, 0.5) is 0 Å². The summed E-state index contributed by atoms with van der Waals surface area (Å²) in [7, 11) is 1.60. The summed E-state index contributed by atoms with van der Waals surface area (Å²) in [5.74, 6) is 0.545. The van der Waals surface area contributed by atoms with E-state index in [-0.39, 0.29) is 0 Å². The van der Waals surface area contributed by atoms with Crippen molar-refractivity contribution in [3.63, 3.8) is 0 Å². The van der Waals surface area contributed by atoms with E-state index in [1.165, 1.54) is 0 Å². The van der Waals surface area contributed by atoms with Crippen molar-refractivity contribution in [3.8, 4) is 5.88 Å². The molecule has 0 aliphatic rings. The molecule has 0 aliphatic heterocycles. The van der Waals surface area contributed by atoms with Crippen LogP contribution >= 0.6 is 0 Å². The van der Waals surface area contributed by atoms with Gasteiger partial charge in [0.25, 0.3) is 0 Å². The third-order valence-corrected chi connectivity index (χ3v) is 2.62. The highest BCUT2D eigenvalue weighted by Gasteiger charge is 2.03. The van der Waals surface area contributed by atoms with E-state index in [9.17, 15) is 0 Å². The predicted molar refractivity (Wildman–Crippen MR) is 63.6 cm³/mol. The zero-order chi connectivity index (χ0) is 11.0. The molecule has 78 valence electrons. The Morgan fingerprint density at radius 1 is 1.06 bits per heavy atom. The van der Waals surface area contributed by atoms with E-state index >= 15 is 0 Å². The van der Waals surface area contributed by atoms with Gasteiger partial charge in [-0.3, -0.25) is 0 Å². The van der Waals surface area contributed by atoms with Crippen LogP contribution in [0.15, 0.2) is 42.6 Å². The number of ether oxygens (including phenoxy) is 1. The summed E-state index contributed by atoms with van der Waals surface area (Å²) in [6.07, 6.45) is 1.64. The molecule has 0 atom stereocenters. The zero-order valence-electron chi connectivity index (χ0n) is 8.84. The average molecular weight is 210 g/mol. The summed E-state index contributed by atoms with van der Waals surface area (Å²) in [6.45, 7) is 0. The molecule has 0 aliphatic carbocycles. The highest BCUT2D eigenvalue weighted by atomic mass is 16.5.